The first-order chi connectivity index (χ1) is 13.3. The quantitative estimate of drug-likeness (QED) is 0.603. The number of anilines is 2. The molecule has 5 rings (SSSR count). The third kappa shape index (κ3) is 2.83. The van der Waals surface area contributed by atoms with E-state index >= 15 is 0 Å². The predicted octanol–water partition coefficient (Wildman–Crippen LogP) is 3.60. The maximum atomic E-state index is 13.6. The molecule has 3 heterocycles. The van der Waals surface area contributed by atoms with Crippen LogP contribution in [0.2, 0.25) is 0 Å². The Morgan fingerprint density at radius 1 is 1.07 bits per heavy atom. The van der Waals surface area contributed by atoms with Crippen LogP contribution in [0, 0.1) is 0 Å². The van der Waals surface area contributed by atoms with Gasteiger partial charge in [-0.1, -0.05) is 24.3 Å². The standard InChI is InChI=1S/C20H16N6O/c27-19(26(20-22-12-23-25-20)17-7-3-4-10-21-17)18-15(13-8-9-13)11-14-5-1-2-6-16(14)24-18/h1-7,10-13H,8-9H2,(H,22,23,25). The van der Waals surface area contributed by atoms with E-state index in [1.54, 1.807) is 18.3 Å². The number of para-hydroxylation sites is 1. The fraction of sp³-hybridized carbons (Fsp3) is 0.150. The molecular formula is C20H16N6O. The number of pyridine rings is 2. The first-order valence-corrected chi connectivity index (χ1v) is 8.82. The van der Waals surface area contributed by atoms with Gasteiger partial charge < -0.3 is 0 Å². The molecule has 7 heteroatoms. The van der Waals surface area contributed by atoms with Gasteiger partial charge in [-0.2, -0.15) is 10.1 Å². The van der Waals surface area contributed by atoms with Gasteiger partial charge in [0.15, 0.2) is 0 Å². The van der Waals surface area contributed by atoms with Crippen LogP contribution in [0.25, 0.3) is 10.9 Å². The van der Waals surface area contributed by atoms with Crippen molar-refractivity contribution in [2.45, 2.75) is 18.8 Å². The van der Waals surface area contributed by atoms with Crippen LogP contribution in [-0.4, -0.2) is 31.1 Å². The Morgan fingerprint density at radius 2 is 1.93 bits per heavy atom. The van der Waals surface area contributed by atoms with E-state index in [1.807, 2.05) is 30.3 Å². The molecule has 0 atom stereocenters. The molecule has 3 aromatic heterocycles. The largest absolute Gasteiger partial charge is 0.285 e. The van der Waals surface area contributed by atoms with Gasteiger partial charge in [0, 0.05) is 11.6 Å². The van der Waals surface area contributed by atoms with Gasteiger partial charge in [-0.05, 0) is 48.6 Å². The smallest absolute Gasteiger partial charge is 0.266 e. The van der Waals surface area contributed by atoms with Crippen molar-refractivity contribution in [2.24, 2.45) is 0 Å². The zero-order valence-corrected chi connectivity index (χ0v) is 14.4. The Labute approximate surface area is 155 Å². The third-order valence-corrected chi connectivity index (χ3v) is 4.67. The van der Waals surface area contributed by atoms with Gasteiger partial charge >= 0.3 is 0 Å². The van der Waals surface area contributed by atoms with Crippen molar-refractivity contribution in [3.63, 3.8) is 0 Å². The lowest BCUT2D eigenvalue weighted by Crippen LogP contribution is -2.29. The summed E-state index contributed by atoms with van der Waals surface area (Å²) in [6, 6.07) is 15.3. The number of aromatic nitrogens is 5. The number of nitrogens with one attached hydrogen (secondary N) is 1. The number of carbonyl (C=O) groups is 1. The van der Waals surface area contributed by atoms with Crippen molar-refractivity contribution in [1.82, 2.24) is 25.1 Å². The highest BCUT2D eigenvalue weighted by Gasteiger charge is 2.33. The molecular weight excluding hydrogens is 340 g/mol. The van der Waals surface area contributed by atoms with Crippen LogP contribution in [0.1, 0.15) is 34.8 Å². The lowest BCUT2D eigenvalue weighted by atomic mass is 10.0. The number of carbonyl (C=O) groups excluding carboxylic acids is 1. The number of amides is 1. The summed E-state index contributed by atoms with van der Waals surface area (Å²) < 4.78 is 0. The summed E-state index contributed by atoms with van der Waals surface area (Å²) in [5.74, 6) is 0.894. The van der Waals surface area contributed by atoms with Crippen molar-refractivity contribution in [2.75, 3.05) is 4.90 Å². The Hall–Kier alpha value is -3.61. The van der Waals surface area contributed by atoms with E-state index in [9.17, 15) is 4.79 Å². The van der Waals surface area contributed by atoms with E-state index < -0.39 is 0 Å². The number of nitrogens with zero attached hydrogens (tertiary/aromatic N) is 5. The number of H-pyrrole nitrogens is 1. The molecule has 0 spiro atoms. The van der Waals surface area contributed by atoms with Crippen LogP contribution in [0.4, 0.5) is 11.8 Å². The van der Waals surface area contributed by atoms with E-state index in [-0.39, 0.29) is 5.91 Å². The first-order valence-electron chi connectivity index (χ1n) is 8.82. The molecule has 0 bridgehead atoms. The number of benzene rings is 1. The highest BCUT2D eigenvalue weighted by Crippen LogP contribution is 2.42. The molecule has 0 unspecified atom stereocenters. The van der Waals surface area contributed by atoms with Crippen molar-refractivity contribution in [1.29, 1.82) is 0 Å². The van der Waals surface area contributed by atoms with Crippen LogP contribution in [-0.2, 0) is 0 Å². The number of rotatable bonds is 4. The number of aromatic amines is 1. The van der Waals surface area contributed by atoms with Crippen molar-refractivity contribution in [3.8, 4) is 0 Å². The molecule has 1 amide bonds. The topological polar surface area (TPSA) is 87.7 Å². The molecule has 27 heavy (non-hydrogen) atoms. The maximum absolute atomic E-state index is 13.6. The molecule has 0 aliphatic heterocycles. The second kappa shape index (κ2) is 6.28. The minimum Gasteiger partial charge on any atom is -0.266 e. The van der Waals surface area contributed by atoms with Gasteiger partial charge in [0.05, 0.1) is 5.52 Å². The zero-order valence-electron chi connectivity index (χ0n) is 14.4. The zero-order chi connectivity index (χ0) is 18.2. The predicted molar refractivity (Wildman–Crippen MR) is 101 cm³/mol. The average molecular weight is 356 g/mol. The Balaban J connectivity index is 1.68. The molecule has 1 aromatic carbocycles. The molecule has 1 N–H and O–H groups in total. The summed E-state index contributed by atoms with van der Waals surface area (Å²) in [6.07, 6.45) is 5.16. The lowest BCUT2D eigenvalue weighted by Gasteiger charge is -2.20. The summed E-state index contributed by atoms with van der Waals surface area (Å²) in [7, 11) is 0. The Bertz CT molecular complexity index is 1110. The van der Waals surface area contributed by atoms with Crippen LogP contribution < -0.4 is 4.90 Å². The summed E-state index contributed by atoms with van der Waals surface area (Å²) in [5, 5.41) is 7.69. The van der Waals surface area contributed by atoms with Crippen molar-refractivity contribution < 1.29 is 4.79 Å². The number of hydrogen-bond acceptors (Lipinski definition) is 5. The molecule has 0 radical (unpaired) electrons. The first kappa shape index (κ1) is 15.6. The minimum absolute atomic E-state index is 0.266. The highest BCUT2D eigenvalue weighted by molar-refractivity contribution is 6.10. The normalized spacial score (nSPS) is 13.6. The molecule has 132 valence electrons. The Kier molecular flexibility index (Phi) is 3.64. The molecule has 4 aromatic rings. The van der Waals surface area contributed by atoms with Gasteiger partial charge in [-0.25, -0.2) is 20.0 Å². The fourth-order valence-corrected chi connectivity index (χ4v) is 3.22. The second-order valence-electron chi connectivity index (χ2n) is 6.53. The third-order valence-electron chi connectivity index (χ3n) is 4.67. The summed E-state index contributed by atoms with van der Waals surface area (Å²) in [4.78, 5) is 28.2. The molecule has 1 aliphatic rings. The van der Waals surface area contributed by atoms with Crippen LogP contribution >= 0.6 is 0 Å². The van der Waals surface area contributed by atoms with E-state index in [1.165, 1.54) is 11.2 Å². The maximum Gasteiger partial charge on any atom is 0.285 e. The molecule has 1 saturated carbocycles. The van der Waals surface area contributed by atoms with E-state index in [4.69, 9.17) is 4.98 Å². The van der Waals surface area contributed by atoms with Crippen LogP contribution in [0.15, 0.2) is 61.1 Å². The lowest BCUT2D eigenvalue weighted by molar-refractivity contribution is 0.0992. The minimum atomic E-state index is -0.266. The molecule has 0 saturated heterocycles. The summed E-state index contributed by atoms with van der Waals surface area (Å²) in [5.41, 5.74) is 2.22. The van der Waals surface area contributed by atoms with Crippen LogP contribution in [0.3, 0.4) is 0 Å². The summed E-state index contributed by atoms with van der Waals surface area (Å²) in [6.45, 7) is 0. The number of hydrogen-bond donors (Lipinski definition) is 1. The average Bonchev–Trinajstić information content (AvgIpc) is 3.43. The Morgan fingerprint density at radius 3 is 2.67 bits per heavy atom. The van der Waals surface area contributed by atoms with Gasteiger partial charge in [0.2, 0.25) is 5.95 Å². The number of fused-ring (bicyclic) bond motifs is 1. The van der Waals surface area contributed by atoms with E-state index in [0.717, 1.165) is 29.3 Å². The van der Waals surface area contributed by atoms with Gasteiger partial charge in [-0.15, -0.1) is 0 Å². The molecule has 7 nitrogen and oxygen atoms in total. The van der Waals surface area contributed by atoms with Gasteiger partial charge in [0.25, 0.3) is 5.91 Å². The van der Waals surface area contributed by atoms with Crippen molar-refractivity contribution in [3.05, 3.63) is 72.3 Å². The SMILES string of the molecule is O=C(c1nc2ccccc2cc1C1CC1)N(c1ccccn1)c1ncn[nH]1. The summed E-state index contributed by atoms with van der Waals surface area (Å²) >= 11 is 0. The van der Waals surface area contributed by atoms with Crippen molar-refractivity contribution >= 4 is 28.6 Å². The fourth-order valence-electron chi connectivity index (χ4n) is 3.22. The second-order valence-corrected chi connectivity index (χ2v) is 6.53. The highest BCUT2D eigenvalue weighted by atomic mass is 16.2. The molecule has 1 fully saturated rings. The van der Waals surface area contributed by atoms with Gasteiger partial charge in [-0.3, -0.25) is 4.79 Å². The van der Waals surface area contributed by atoms with E-state index in [0.29, 0.717) is 23.4 Å². The van der Waals surface area contributed by atoms with Gasteiger partial charge in [0.1, 0.15) is 17.8 Å². The van der Waals surface area contributed by atoms with E-state index in [2.05, 4.69) is 26.2 Å². The van der Waals surface area contributed by atoms with Crippen LogP contribution in [0.5, 0.6) is 0 Å². The monoisotopic (exact) mass is 356 g/mol. The molecule has 1 aliphatic carbocycles.